The number of aromatic nitrogens is 2. The first kappa shape index (κ1) is 28.9. The van der Waals surface area contributed by atoms with Gasteiger partial charge in [0.05, 0.1) is 18.7 Å². The second-order valence-corrected chi connectivity index (χ2v) is 10.6. The van der Waals surface area contributed by atoms with Crippen molar-refractivity contribution < 1.29 is 18.7 Å². The van der Waals surface area contributed by atoms with E-state index in [1.807, 2.05) is 42.5 Å². The number of urea groups is 1. The summed E-state index contributed by atoms with van der Waals surface area (Å²) < 4.78 is 11.6. The number of fused-ring (bicyclic) bond motifs is 1. The summed E-state index contributed by atoms with van der Waals surface area (Å²) in [5.41, 5.74) is 4.59. The molecular formula is C34H34N6O4. The molecule has 0 spiro atoms. The first-order valence-corrected chi connectivity index (χ1v) is 14.6. The van der Waals surface area contributed by atoms with E-state index in [1.54, 1.807) is 31.3 Å². The topological polar surface area (TPSA) is 113 Å². The Labute approximate surface area is 255 Å². The summed E-state index contributed by atoms with van der Waals surface area (Å²) >= 11 is 0. The quantitative estimate of drug-likeness (QED) is 0.220. The van der Waals surface area contributed by atoms with Crippen LogP contribution >= 0.6 is 0 Å². The Bertz CT molecular complexity index is 1790. The fourth-order valence-electron chi connectivity index (χ4n) is 5.08. The van der Waals surface area contributed by atoms with Crippen molar-refractivity contribution in [2.75, 3.05) is 53.8 Å². The van der Waals surface area contributed by atoms with E-state index in [-0.39, 0.29) is 11.9 Å². The lowest BCUT2D eigenvalue weighted by Crippen LogP contribution is -2.37. The number of furan rings is 1. The summed E-state index contributed by atoms with van der Waals surface area (Å²) in [5, 5.41) is 6.65. The molecule has 3 aromatic carbocycles. The smallest absolute Gasteiger partial charge is 0.323 e. The van der Waals surface area contributed by atoms with Gasteiger partial charge in [0.1, 0.15) is 17.3 Å². The van der Waals surface area contributed by atoms with Gasteiger partial charge in [-0.1, -0.05) is 13.0 Å². The molecule has 0 radical (unpaired) electrons. The van der Waals surface area contributed by atoms with E-state index in [1.165, 1.54) is 11.8 Å². The number of amides is 3. The van der Waals surface area contributed by atoms with Gasteiger partial charge in [-0.2, -0.15) is 0 Å². The van der Waals surface area contributed by atoms with Crippen LogP contribution in [0.4, 0.5) is 27.7 Å². The summed E-state index contributed by atoms with van der Waals surface area (Å²) in [6.45, 7) is 6.36. The number of ether oxygens (including phenoxy) is 1. The molecule has 0 unspecified atom stereocenters. The van der Waals surface area contributed by atoms with Crippen molar-refractivity contribution in [3.05, 3.63) is 84.6 Å². The highest BCUT2D eigenvalue weighted by Crippen LogP contribution is 2.32. The molecule has 6 rings (SSSR count). The second-order valence-electron chi connectivity index (χ2n) is 10.6. The minimum atomic E-state index is -0.376. The number of aryl methyl sites for hydroxylation is 1. The minimum absolute atomic E-state index is 0.0672. The predicted molar refractivity (Wildman–Crippen MR) is 173 cm³/mol. The van der Waals surface area contributed by atoms with Gasteiger partial charge in [0, 0.05) is 67.1 Å². The van der Waals surface area contributed by atoms with Gasteiger partial charge in [-0.25, -0.2) is 14.8 Å². The van der Waals surface area contributed by atoms with Crippen LogP contribution in [-0.4, -0.2) is 55.3 Å². The molecule has 2 N–H and O–H groups in total. The van der Waals surface area contributed by atoms with Gasteiger partial charge < -0.3 is 29.6 Å². The lowest BCUT2D eigenvalue weighted by Gasteiger charge is -2.29. The first-order valence-electron chi connectivity index (χ1n) is 14.6. The molecule has 10 heteroatoms. The monoisotopic (exact) mass is 590 g/mol. The van der Waals surface area contributed by atoms with Crippen LogP contribution in [0.3, 0.4) is 0 Å². The molecule has 1 saturated heterocycles. The lowest BCUT2D eigenvalue weighted by atomic mass is 10.1. The first-order chi connectivity index (χ1) is 21.4. The van der Waals surface area contributed by atoms with Crippen LogP contribution in [0, 0.1) is 0 Å². The third-order valence-electron chi connectivity index (χ3n) is 7.67. The van der Waals surface area contributed by atoms with E-state index < -0.39 is 0 Å². The van der Waals surface area contributed by atoms with Crippen molar-refractivity contribution in [1.29, 1.82) is 0 Å². The summed E-state index contributed by atoms with van der Waals surface area (Å²) in [6.07, 6.45) is 0.834. The number of rotatable bonds is 7. The fourth-order valence-corrected chi connectivity index (χ4v) is 5.08. The molecule has 1 aliphatic heterocycles. The Balaban J connectivity index is 1.23. The number of anilines is 4. The van der Waals surface area contributed by atoms with Gasteiger partial charge in [0.2, 0.25) is 5.91 Å². The van der Waals surface area contributed by atoms with Crippen LogP contribution < -0.4 is 20.4 Å². The van der Waals surface area contributed by atoms with Crippen LogP contribution in [0.1, 0.15) is 19.6 Å². The molecule has 0 saturated carbocycles. The summed E-state index contributed by atoms with van der Waals surface area (Å²) in [6, 6.07) is 24.3. The molecule has 0 aliphatic carbocycles. The Kier molecular flexibility index (Phi) is 8.25. The van der Waals surface area contributed by atoms with Gasteiger partial charge in [-0.15, -0.1) is 0 Å². The number of benzene rings is 3. The van der Waals surface area contributed by atoms with Gasteiger partial charge in [-0.05, 0) is 72.8 Å². The maximum absolute atomic E-state index is 12.7. The van der Waals surface area contributed by atoms with Gasteiger partial charge in [0.15, 0.2) is 5.82 Å². The zero-order chi connectivity index (χ0) is 30.6. The number of carbonyl (C=O) groups excluding carboxylic acids is 2. The van der Waals surface area contributed by atoms with E-state index in [2.05, 4.69) is 34.6 Å². The number of morpholine rings is 1. The zero-order valence-electron chi connectivity index (χ0n) is 25.0. The highest BCUT2D eigenvalue weighted by Gasteiger charge is 2.19. The third kappa shape index (κ3) is 6.25. The fraction of sp³-hybridized carbons (Fsp3) is 0.235. The van der Waals surface area contributed by atoms with Crippen molar-refractivity contribution in [2.24, 2.45) is 0 Å². The highest BCUT2D eigenvalue weighted by atomic mass is 16.5. The van der Waals surface area contributed by atoms with Gasteiger partial charge in [-0.3, -0.25) is 4.79 Å². The van der Waals surface area contributed by atoms with E-state index in [4.69, 9.17) is 19.1 Å². The molecule has 2 aromatic heterocycles. The van der Waals surface area contributed by atoms with E-state index in [9.17, 15) is 9.59 Å². The Morgan fingerprint density at radius 2 is 1.52 bits per heavy atom. The molecular weight excluding hydrogens is 556 g/mol. The molecule has 0 bridgehead atoms. The lowest BCUT2D eigenvalue weighted by molar-refractivity contribution is -0.116. The van der Waals surface area contributed by atoms with Gasteiger partial charge >= 0.3 is 6.03 Å². The molecule has 10 nitrogen and oxygen atoms in total. The van der Waals surface area contributed by atoms with Crippen LogP contribution in [0.5, 0.6) is 0 Å². The maximum Gasteiger partial charge on any atom is 0.323 e. The minimum Gasteiger partial charge on any atom is -0.461 e. The van der Waals surface area contributed by atoms with Gasteiger partial charge in [0.25, 0.3) is 0 Å². The maximum atomic E-state index is 12.7. The number of hydrogen-bond acceptors (Lipinski definition) is 7. The largest absolute Gasteiger partial charge is 0.461 e. The van der Waals surface area contributed by atoms with E-state index in [0.29, 0.717) is 30.4 Å². The van der Waals surface area contributed by atoms with Crippen LogP contribution in [0.25, 0.3) is 33.6 Å². The molecule has 1 aliphatic rings. The van der Waals surface area contributed by atoms with Crippen molar-refractivity contribution in [2.45, 2.75) is 20.3 Å². The molecule has 5 aromatic rings. The number of nitrogens with zero attached hydrogens (tertiary/aromatic N) is 4. The number of nitrogens with one attached hydrogen (secondary N) is 2. The zero-order valence-corrected chi connectivity index (χ0v) is 25.0. The number of carbonyl (C=O) groups is 2. The molecule has 3 heterocycles. The highest BCUT2D eigenvalue weighted by molar-refractivity contribution is 6.00. The Morgan fingerprint density at radius 1 is 0.864 bits per heavy atom. The molecule has 0 atom stereocenters. The van der Waals surface area contributed by atoms with Crippen LogP contribution in [-0.2, 0) is 16.0 Å². The molecule has 224 valence electrons. The van der Waals surface area contributed by atoms with Crippen molar-refractivity contribution in [3.8, 4) is 22.7 Å². The Morgan fingerprint density at radius 3 is 2.16 bits per heavy atom. The predicted octanol–water partition coefficient (Wildman–Crippen LogP) is 6.58. The van der Waals surface area contributed by atoms with Crippen molar-refractivity contribution in [3.63, 3.8) is 0 Å². The summed E-state index contributed by atoms with van der Waals surface area (Å²) in [4.78, 5) is 38.0. The second kappa shape index (κ2) is 12.6. The van der Waals surface area contributed by atoms with E-state index >= 15 is 0 Å². The molecule has 3 amide bonds. The summed E-state index contributed by atoms with van der Waals surface area (Å²) in [7, 11) is 1.70. The average molecular weight is 591 g/mol. The third-order valence-corrected chi connectivity index (χ3v) is 7.67. The number of hydrogen-bond donors (Lipinski definition) is 2. The Hall–Kier alpha value is -5.22. The normalized spacial score (nSPS) is 13.1. The van der Waals surface area contributed by atoms with Crippen LogP contribution in [0.2, 0.25) is 0 Å². The van der Waals surface area contributed by atoms with Crippen LogP contribution in [0.15, 0.2) is 83.3 Å². The summed E-state index contributed by atoms with van der Waals surface area (Å²) in [5.74, 6) is 3.15. The van der Waals surface area contributed by atoms with Crippen molar-refractivity contribution >= 4 is 45.7 Å². The SMILES string of the molecule is CCc1ccc(-c2ccc3c(N4CCOCC4)nc(-c4ccc(NC(=O)Nc5ccc(N(C)C(C)=O)cc5)cc4)nc3c2)o1. The standard InChI is InChI=1S/C34H34N6O4/c1-4-28-14-16-31(44-28)24-7-15-29-30(21-24)37-32(38-33(29)40-17-19-43-20-18-40)23-5-8-25(9-6-23)35-34(42)36-26-10-12-27(13-11-26)39(3)22(2)41/h5-16,21H,4,17-20H2,1-3H3,(H2,35,36,42). The molecule has 44 heavy (non-hydrogen) atoms. The van der Waals surface area contributed by atoms with E-state index in [0.717, 1.165) is 64.6 Å². The van der Waals surface area contributed by atoms with Crippen molar-refractivity contribution in [1.82, 2.24) is 9.97 Å². The molecule has 1 fully saturated rings. The average Bonchev–Trinajstić information content (AvgIpc) is 3.54.